The molecule has 126 valence electrons. The summed E-state index contributed by atoms with van der Waals surface area (Å²) >= 11 is 0. The smallest absolute Gasteiger partial charge is 0.406 e. The van der Waals surface area contributed by atoms with E-state index in [0.717, 1.165) is 6.29 Å². The van der Waals surface area contributed by atoms with Crippen molar-refractivity contribution in [2.75, 3.05) is 11.9 Å². The Hall–Kier alpha value is -2.90. The molecule has 24 heavy (non-hydrogen) atoms. The number of hydrogen-bond acceptors (Lipinski definition) is 5. The van der Waals surface area contributed by atoms with E-state index in [1.165, 1.54) is 24.3 Å². The number of benzene rings is 1. The van der Waals surface area contributed by atoms with Gasteiger partial charge in [-0.05, 0) is 42.8 Å². The van der Waals surface area contributed by atoms with Crippen molar-refractivity contribution >= 4 is 24.0 Å². The number of ether oxygens (including phenoxy) is 1. The minimum Gasteiger partial charge on any atom is -0.406 e. The van der Waals surface area contributed by atoms with Crippen LogP contribution in [0.15, 0.2) is 42.2 Å². The molecule has 0 amide bonds. The van der Waals surface area contributed by atoms with Crippen LogP contribution in [0.3, 0.4) is 0 Å². The highest BCUT2D eigenvalue weighted by Gasteiger charge is 2.31. The van der Waals surface area contributed by atoms with Crippen molar-refractivity contribution in [3.8, 4) is 5.75 Å². The molecule has 0 saturated carbocycles. The van der Waals surface area contributed by atoms with Gasteiger partial charge in [-0.3, -0.25) is 4.79 Å². The lowest BCUT2D eigenvalue weighted by molar-refractivity contribution is -0.274. The van der Waals surface area contributed by atoms with Crippen molar-refractivity contribution in [1.29, 1.82) is 0 Å². The monoisotopic (exact) mass is 337 g/mol. The lowest BCUT2D eigenvalue weighted by Crippen LogP contribution is -2.17. The largest absolute Gasteiger partial charge is 0.573 e. The summed E-state index contributed by atoms with van der Waals surface area (Å²) in [5.41, 5.74) is 1.81. The van der Waals surface area contributed by atoms with Crippen molar-refractivity contribution in [2.24, 2.45) is 0 Å². The fourth-order valence-electron chi connectivity index (χ4n) is 1.86. The lowest BCUT2D eigenvalue weighted by Gasteiger charge is -2.17. The zero-order valence-electron chi connectivity index (χ0n) is 12.9. The summed E-state index contributed by atoms with van der Waals surface area (Å²) in [6, 6.07) is 5.36. The Morgan fingerprint density at radius 1 is 1.17 bits per heavy atom. The molecular weight excluding hydrogens is 323 g/mol. The van der Waals surface area contributed by atoms with E-state index in [1.54, 1.807) is 37.3 Å². The Kier molecular flexibility index (Phi) is 5.18. The molecule has 1 aromatic heterocycles. The predicted octanol–water partition coefficient (Wildman–Crippen LogP) is 3.75. The third kappa shape index (κ3) is 4.80. The number of carbonyl (C=O) groups excluding carboxylic acids is 1. The van der Waals surface area contributed by atoms with Gasteiger partial charge in [-0.1, -0.05) is 0 Å². The number of carbonyl (C=O) groups is 1. The molecule has 0 radical (unpaired) electrons. The highest BCUT2D eigenvalue weighted by Crippen LogP contribution is 2.26. The second kappa shape index (κ2) is 7.12. The molecule has 0 N–H and O–H groups in total. The van der Waals surface area contributed by atoms with Gasteiger partial charge in [-0.2, -0.15) is 0 Å². The van der Waals surface area contributed by atoms with Crippen LogP contribution in [0.5, 0.6) is 5.75 Å². The van der Waals surface area contributed by atoms with Crippen LogP contribution in [0, 0.1) is 0 Å². The molecule has 0 atom stereocenters. The maximum absolute atomic E-state index is 12.1. The second-order valence-electron chi connectivity index (χ2n) is 4.92. The lowest BCUT2D eigenvalue weighted by atomic mass is 10.2. The molecule has 1 heterocycles. The van der Waals surface area contributed by atoms with Crippen LogP contribution in [0.1, 0.15) is 12.5 Å². The first-order chi connectivity index (χ1) is 11.3. The van der Waals surface area contributed by atoms with E-state index in [4.69, 9.17) is 0 Å². The Labute approximate surface area is 136 Å². The summed E-state index contributed by atoms with van der Waals surface area (Å²) in [7, 11) is 1.68. The maximum atomic E-state index is 12.1. The first-order valence-corrected chi connectivity index (χ1v) is 6.83. The number of aldehydes is 1. The van der Waals surface area contributed by atoms with E-state index in [9.17, 15) is 18.0 Å². The molecule has 2 rings (SSSR count). The van der Waals surface area contributed by atoms with Gasteiger partial charge in [0, 0.05) is 30.7 Å². The predicted molar refractivity (Wildman–Crippen MR) is 82.9 cm³/mol. The molecule has 0 unspecified atom stereocenters. The molecule has 0 aliphatic heterocycles. The molecule has 0 spiro atoms. The van der Waals surface area contributed by atoms with E-state index in [2.05, 4.69) is 14.7 Å². The van der Waals surface area contributed by atoms with Crippen LogP contribution in [0.4, 0.5) is 24.8 Å². The summed E-state index contributed by atoms with van der Waals surface area (Å²) < 4.78 is 40.2. The normalized spacial score (nSPS) is 12.0. The average Bonchev–Trinajstić information content (AvgIpc) is 2.54. The molecule has 0 aliphatic rings. The fraction of sp³-hybridized carbons (Fsp3) is 0.188. The van der Waals surface area contributed by atoms with Gasteiger partial charge < -0.3 is 9.64 Å². The van der Waals surface area contributed by atoms with Gasteiger partial charge >= 0.3 is 6.36 Å². The number of hydrogen-bond donors (Lipinski definition) is 0. The van der Waals surface area contributed by atoms with Crippen molar-refractivity contribution < 1.29 is 22.7 Å². The third-order valence-corrected chi connectivity index (χ3v) is 3.00. The van der Waals surface area contributed by atoms with Crippen molar-refractivity contribution in [2.45, 2.75) is 13.3 Å². The molecule has 8 heteroatoms. The Balaban J connectivity index is 2.13. The van der Waals surface area contributed by atoms with Crippen molar-refractivity contribution in [1.82, 2.24) is 9.97 Å². The summed E-state index contributed by atoms with van der Waals surface area (Å²) in [5.74, 6) is 0.0609. The minimum atomic E-state index is -4.72. The molecule has 0 bridgehead atoms. The Morgan fingerprint density at radius 2 is 1.75 bits per heavy atom. The molecule has 0 fully saturated rings. The molecular formula is C16H14F3N3O2. The number of halogens is 3. The quantitative estimate of drug-likeness (QED) is 0.614. The van der Waals surface area contributed by atoms with Crippen LogP contribution in [0.25, 0.3) is 6.08 Å². The zero-order valence-corrected chi connectivity index (χ0v) is 12.9. The third-order valence-electron chi connectivity index (χ3n) is 3.00. The summed E-state index contributed by atoms with van der Waals surface area (Å²) in [6.07, 6.45) is 0.740. The highest BCUT2D eigenvalue weighted by molar-refractivity contribution is 5.80. The van der Waals surface area contributed by atoms with Gasteiger partial charge in [0.05, 0.1) is 0 Å². The van der Waals surface area contributed by atoms with Crippen LogP contribution < -0.4 is 9.64 Å². The number of alkyl halides is 3. The van der Waals surface area contributed by atoms with Crippen LogP contribution in [0.2, 0.25) is 0 Å². The van der Waals surface area contributed by atoms with E-state index in [0.29, 0.717) is 22.8 Å². The van der Waals surface area contributed by atoms with Crippen molar-refractivity contribution in [3.63, 3.8) is 0 Å². The Bertz CT molecular complexity index is 726. The summed E-state index contributed by atoms with van der Waals surface area (Å²) in [5, 5.41) is 0. The number of nitrogens with zero attached hydrogens (tertiary/aromatic N) is 3. The van der Waals surface area contributed by atoms with Gasteiger partial charge in [-0.25, -0.2) is 9.97 Å². The first kappa shape index (κ1) is 17.5. The second-order valence-corrected chi connectivity index (χ2v) is 4.92. The number of aromatic nitrogens is 2. The number of allylic oxidation sites excluding steroid dienone is 1. The van der Waals surface area contributed by atoms with Gasteiger partial charge in [0.15, 0.2) is 0 Å². The molecule has 0 aliphatic carbocycles. The Morgan fingerprint density at radius 3 is 2.25 bits per heavy atom. The minimum absolute atomic E-state index is 0.301. The molecule has 5 nitrogen and oxygen atoms in total. The highest BCUT2D eigenvalue weighted by atomic mass is 19.4. The number of anilines is 2. The standard InChI is InChI=1S/C16H14F3N3O2/c1-11(10-23)7-12-8-20-15(21-9-12)22(2)13-3-5-14(6-4-13)24-16(17,18)19/h3-10H,1-2H3/b11-7+. The first-order valence-electron chi connectivity index (χ1n) is 6.83. The van der Waals surface area contributed by atoms with E-state index < -0.39 is 6.36 Å². The van der Waals surface area contributed by atoms with E-state index in [-0.39, 0.29) is 5.75 Å². The van der Waals surface area contributed by atoms with Crippen LogP contribution in [-0.4, -0.2) is 29.7 Å². The van der Waals surface area contributed by atoms with Gasteiger partial charge in [0.1, 0.15) is 12.0 Å². The van der Waals surface area contributed by atoms with Crippen molar-refractivity contribution in [3.05, 3.63) is 47.8 Å². The molecule has 0 saturated heterocycles. The van der Waals surface area contributed by atoms with Gasteiger partial charge in [-0.15, -0.1) is 13.2 Å². The van der Waals surface area contributed by atoms with E-state index >= 15 is 0 Å². The van der Waals surface area contributed by atoms with Gasteiger partial charge in [0.2, 0.25) is 5.95 Å². The maximum Gasteiger partial charge on any atom is 0.573 e. The SMILES string of the molecule is C/C(C=O)=C\c1cnc(N(C)c2ccc(OC(F)(F)F)cc2)nc1. The van der Waals surface area contributed by atoms with Crippen LogP contribution >= 0.6 is 0 Å². The zero-order chi connectivity index (χ0) is 17.7. The topological polar surface area (TPSA) is 55.3 Å². The van der Waals surface area contributed by atoms with E-state index in [1.807, 2.05) is 0 Å². The molecule has 2 aromatic rings. The fourth-order valence-corrected chi connectivity index (χ4v) is 1.86. The van der Waals surface area contributed by atoms with Crippen LogP contribution in [-0.2, 0) is 4.79 Å². The number of rotatable bonds is 5. The average molecular weight is 337 g/mol. The van der Waals surface area contributed by atoms with Gasteiger partial charge in [0.25, 0.3) is 0 Å². The molecule has 1 aromatic carbocycles. The summed E-state index contributed by atoms with van der Waals surface area (Å²) in [6.45, 7) is 1.66. The summed E-state index contributed by atoms with van der Waals surface area (Å²) in [4.78, 5) is 20.5.